The van der Waals surface area contributed by atoms with Gasteiger partial charge in [-0.1, -0.05) is 0 Å². The van der Waals surface area contributed by atoms with Crippen molar-refractivity contribution in [3.05, 3.63) is 22.5 Å². The fourth-order valence-corrected chi connectivity index (χ4v) is 3.59. The Bertz CT molecular complexity index is 614. The molecule has 0 radical (unpaired) electrons. The Morgan fingerprint density at radius 3 is 2.29 bits per heavy atom. The van der Waals surface area contributed by atoms with Crippen LogP contribution in [0.2, 0.25) is 0 Å². The summed E-state index contributed by atoms with van der Waals surface area (Å²) in [4.78, 5) is 29.5. The van der Waals surface area contributed by atoms with Gasteiger partial charge in [0.2, 0.25) is 0 Å². The number of amides is 1. The summed E-state index contributed by atoms with van der Waals surface area (Å²) in [6, 6.07) is 0.541. The highest BCUT2D eigenvalue weighted by Crippen LogP contribution is 2.28. The number of nitrogens with one attached hydrogen (secondary N) is 2. The number of rotatable bonds is 5. The van der Waals surface area contributed by atoms with E-state index in [4.69, 9.17) is 0 Å². The highest BCUT2D eigenvalue weighted by molar-refractivity contribution is 6.02. The van der Waals surface area contributed by atoms with Crippen LogP contribution in [-0.4, -0.2) is 47.3 Å². The van der Waals surface area contributed by atoms with Gasteiger partial charge in [-0.3, -0.25) is 9.59 Å². The number of nitrogens with zero attached hydrogens (tertiary/aromatic N) is 1. The monoisotopic (exact) mass is 353 g/mol. The lowest BCUT2D eigenvalue weighted by Crippen LogP contribution is -2.45. The quantitative estimate of drug-likeness (QED) is 0.800. The van der Waals surface area contributed by atoms with Gasteiger partial charge < -0.3 is 15.2 Å². The van der Waals surface area contributed by atoms with Crippen molar-refractivity contribution in [2.75, 3.05) is 19.6 Å². The molecule has 6 heteroatoms. The zero-order valence-corrected chi connectivity index (χ0v) is 15.6. The molecule has 1 amide bonds. The third-order valence-corrected chi connectivity index (χ3v) is 5.18. The minimum Gasteiger partial charge on any atom is -0.354 e. The summed E-state index contributed by atoms with van der Waals surface area (Å²) >= 11 is 0. The Kier molecular flexibility index (Phi) is 6.10. The standard InChI is InChI=1S/C18H27N3O2.ClH/c1-11-16(13(3)22)12(2)20-17(11)18(23)21-8-6-15(7-9-21)19-10-14-4-5-14;/h14-15,19-20H,4-10H2,1-3H3;1H. The molecule has 1 aromatic heterocycles. The summed E-state index contributed by atoms with van der Waals surface area (Å²) in [5.74, 6) is 0.932. The van der Waals surface area contributed by atoms with E-state index in [0.29, 0.717) is 17.3 Å². The zero-order chi connectivity index (χ0) is 16.6. The first-order valence-corrected chi connectivity index (χ1v) is 8.70. The summed E-state index contributed by atoms with van der Waals surface area (Å²) in [5.41, 5.74) is 2.82. The Labute approximate surface area is 150 Å². The maximum atomic E-state index is 12.8. The van der Waals surface area contributed by atoms with Crippen molar-refractivity contribution in [2.24, 2.45) is 5.92 Å². The number of aromatic nitrogens is 1. The number of likely N-dealkylation sites (tertiary alicyclic amines) is 1. The van der Waals surface area contributed by atoms with E-state index in [2.05, 4.69) is 10.3 Å². The molecule has 134 valence electrons. The van der Waals surface area contributed by atoms with Crippen molar-refractivity contribution >= 4 is 24.1 Å². The predicted octanol–water partition coefficient (Wildman–Crippen LogP) is 2.86. The largest absolute Gasteiger partial charge is 0.354 e. The molecule has 2 aliphatic rings. The van der Waals surface area contributed by atoms with Crippen molar-refractivity contribution < 1.29 is 9.59 Å². The molecule has 1 saturated heterocycles. The fourth-order valence-electron chi connectivity index (χ4n) is 3.59. The molecule has 5 nitrogen and oxygen atoms in total. The number of ketones is 1. The molecular weight excluding hydrogens is 326 g/mol. The summed E-state index contributed by atoms with van der Waals surface area (Å²) in [7, 11) is 0. The Morgan fingerprint density at radius 2 is 1.79 bits per heavy atom. The van der Waals surface area contributed by atoms with Crippen LogP contribution in [0.15, 0.2) is 0 Å². The molecule has 2 heterocycles. The van der Waals surface area contributed by atoms with Gasteiger partial charge in [-0.25, -0.2) is 0 Å². The van der Waals surface area contributed by atoms with Crippen LogP contribution in [0.1, 0.15) is 64.7 Å². The van der Waals surface area contributed by atoms with Gasteiger partial charge in [-0.05, 0) is 64.5 Å². The van der Waals surface area contributed by atoms with Gasteiger partial charge in [0.25, 0.3) is 5.91 Å². The van der Waals surface area contributed by atoms with Gasteiger partial charge in [0.05, 0.1) is 0 Å². The first kappa shape index (κ1) is 19.0. The molecule has 0 unspecified atom stereocenters. The molecular formula is C18H28ClN3O2. The van der Waals surface area contributed by atoms with Crippen LogP contribution in [0.5, 0.6) is 0 Å². The summed E-state index contributed by atoms with van der Waals surface area (Å²) < 4.78 is 0. The van der Waals surface area contributed by atoms with Gasteiger partial charge in [-0.15, -0.1) is 12.4 Å². The Balaban J connectivity index is 0.00000208. The highest BCUT2D eigenvalue weighted by Gasteiger charge is 2.28. The molecule has 0 atom stereocenters. The van der Waals surface area contributed by atoms with E-state index in [0.717, 1.165) is 49.7 Å². The molecule has 1 aliphatic heterocycles. The second-order valence-corrected chi connectivity index (χ2v) is 7.10. The fraction of sp³-hybridized carbons (Fsp3) is 0.667. The molecule has 2 fully saturated rings. The summed E-state index contributed by atoms with van der Waals surface area (Å²) in [6.07, 6.45) is 4.76. The Morgan fingerprint density at radius 1 is 1.17 bits per heavy atom. The number of piperidine rings is 1. The van der Waals surface area contributed by atoms with Gasteiger partial charge in [0, 0.05) is 30.4 Å². The number of Topliss-reactive ketones (excluding diaryl/α,β-unsaturated/α-hetero) is 1. The summed E-state index contributed by atoms with van der Waals surface area (Å²) in [5, 5.41) is 3.63. The third-order valence-electron chi connectivity index (χ3n) is 5.18. The first-order chi connectivity index (χ1) is 11.0. The Hall–Kier alpha value is -1.33. The van der Waals surface area contributed by atoms with Crippen LogP contribution in [0.3, 0.4) is 0 Å². The first-order valence-electron chi connectivity index (χ1n) is 8.70. The van der Waals surface area contributed by atoms with Crippen molar-refractivity contribution in [2.45, 2.75) is 52.5 Å². The minimum absolute atomic E-state index is 0. The van der Waals surface area contributed by atoms with E-state index in [-0.39, 0.29) is 24.1 Å². The number of aromatic amines is 1. The molecule has 0 bridgehead atoms. The molecule has 1 saturated carbocycles. The highest BCUT2D eigenvalue weighted by atomic mass is 35.5. The molecule has 0 aromatic carbocycles. The molecule has 1 aliphatic carbocycles. The van der Waals surface area contributed by atoms with Gasteiger partial charge in [0.1, 0.15) is 5.69 Å². The van der Waals surface area contributed by atoms with Crippen LogP contribution in [0, 0.1) is 19.8 Å². The molecule has 2 N–H and O–H groups in total. The smallest absolute Gasteiger partial charge is 0.270 e. The van der Waals surface area contributed by atoms with Gasteiger partial charge >= 0.3 is 0 Å². The second-order valence-electron chi connectivity index (χ2n) is 7.10. The predicted molar refractivity (Wildman–Crippen MR) is 97.2 cm³/mol. The van der Waals surface area contributed by atoms with E-state index in [1.165, 1.54) is 12.8 Å². The van der Waals surface area contributed by atoms with E-state index in [1.54, 1.807) is 6.92 Å². The lowest BCUT2D eigenvalue weighted by molar-refractivity contribution is 0.0699. The van der Waals surface area contributed by atoms with E-state index < -0.39 is 0 Å². The number of aryl methyl sites for hydroxylation is 1. The lowest BCUT2D eigenvalue weighted by atomic mass is 10.0. The number of halogens is 1. The van der Waals surface area contributed by atoms with Crippen molar-refractivity contribution in [3.63, 3.8) is 0 Å². The van der Waals surface area contributed by atoms with Crippen LogP contribution in [-0.2, 0) is 0 Å². The maximum Gasteiger partial charge on any atom is 0.270 e. The van der Waals surface area contributed by atoms with Crippen molar-refractivity contribution in [1.29, 1.82) is 0 Å². The van der Waals surface area contributed by atoms with Gasteiger partial charge in [0.15, 0.2) is 5.78 Å². The number of hydrogen-bond donors (Lipinski definition) is 2. The average molecular weight is 354 g/mol. The number of carbonyl (C=O) groups excluding carboxylic acids is 2. The number of carbonyl (C=O) groups is 2. The number of hydrogen-bond acceptors (Lipinski definition) is 3. The lowest BCUT2D eigenvalue weighted by Gasteiger charge is -2.32. The minimum atomic E-state index is 0. The third kappa shape index (κ3) is 4.01. The van der Waals surface area contributed by atoms with Crippen LogP contribution < -0.4 is 5.32 Å². The van der Waals surface area contributed by atoms with Crippen molar-refractivity contribution in [3.8, 4) is 0 Å². The topological polar surface area (TPSA) is 65.2 Å². The average Bonchev–Trinajstić information content (AvgIpc) is 3.29. The molecule has 1 aromatic rings. The van der Waals surface area contributed by atoms with Crippen LogP contribution in [0.25, 0.3) is 0 Å². The van der Waals surface area contributed by atoms with E-state index in [9.17, 15) is 9.59 Å². The van der Waals surface area contributed by atoms with E-state index >= 15 is 0 Å². The zero-order valence-electron chi connectivity index (χ0n) is 14.8. The second kappa shape index (κ2) is 7.70. The van der Waals surface area contributed by atoms with Crippen LogP contribution in [0.4, 0.5) is 0 Å². The van der Waals surface area contributed by atoms with E-state index in [1.807, 2.05) is 18.7 Å². The normalized spacial score (nSPS) is 18.4. The SMILES string of the molecule is CC(=O)c1c(C)[nH]c(C(=O)N2CCC(NCC3CC3)CC2)c1C.Cl. The van der Waals surface area contributed by atoms with Gasteiger partial charge in [-0.2, -0.15) is 0 Å². The number of H-pyrrole nitrogens is 1. The molecule has 24 heavy (non-hydrogen) atoms. The van der Waals surface area contributed by atoms with Crippen molar-refractivity contribution in [1.82, 2.24) is 15.2 Å². The molecule has 3 rings (SSSR count). The maximum absolute atomic E-state index is 12.8. The molecule has 0 spiro atoms. The van der Waals surface area contributed by atoms with Crippen LogP contribution >= 0.6 is 12.4 Å². The summed E-state index contributed by atoms with van der Waals surface area (Å²) in [6.45, 7) is 7.97.